The van der Waals surface area contributed by atoms with Crippen molar-refractivity contribution in [2.75, 3.05) is 14.2 Å². The van der Waals surface area contributed by atoms with E-state index in [2.05, 4.69) is 15.2 Å². The van der Waals surface area contributed by atoms with Gasteiger partial charge in [-0.25, -0.2) is 19.2 Å². The average molecular weight is 372 g/mol. The highest BCUT2D eigenvalue weighted by molar-refractivity contribution is 5.90. The van der Waals surface area contributed by atoms with Crippen LogP contribution in [0.15, 0.2) is 61.1 Å². The number of hydrogen-bond acceptors (Lipinski definition) is 6. The molecule has 2 aromatic carbocycles. The summed E-state index contributed by atoms with van der Waals surface area (Å²) in [5, 5.41) is 9.86. The molecule has 3 heterocycles. The molecule has 0 aliphatic rings. The van der Waals surface area contributed by atoms with Crippen LogP contribution in [0.4, 0.5) is 0 Å². The molecule has 0 N–H and O–H groups in total. The summed E-state index contributed by atoms with van der Waals surface area (Å²) >= 11 is 0. The third-order valence-electron chi connectivity index (χ3n) is 4.55. The van der Waals surface area contributed by atoms with Gasteiger partial charge in [0.15, 0.2) is 28.6 Å². The molecule has 0 saturated heterocycles. The number of fused-ring (bicyclic) bond motifs is 3. The number of nitrogens with zero attached hydrogens (tertiary/aromatic N) is 6. The van der Waals surface area contributed by atoms with Crippen molar-refractivity contribution < 1.29 is 9.47 Å². The van der Waals surface area contributed by atoms with Crippen molar-refractivity contribution in [2.45, 2.75) is 0 Å². The van der Waals surface area contributed by atoms with Crippen molar-refractivity contribution in [3.8, 4) is 28.6 Å². The average Bonchev–Trinajstić information content (AvgIpc) is 3.37. The lowest BCUT2D eigenvalue weighted by atomic mass is 10.2. The first kappa shape index (κ1) is 16.2. The second-order valence-electron chi connectivity index (χ2n) is 6.15. The molecule has 0 unspecified atom stereocenters. The Morgan fingerprint density at radius 1 is 0.893 bits per heavy atom. The van der Waals surface area contributed by atoms with Crippen LogP contribution in [0.25, 0.3) is 33.8 Å². The van der Waals surface area contributed by atoms with Crippen LogP contribution in [-0.4, -0.2) is 43.6 Å². The van der Waals surface area contributed by atoms with Crippen molar-refractivity contribution in [2.24, 2.45) is 0 Å². The first-order valence-electron chi connectivity index (χ1n) is 8.65. The Hall–Kier alpha value is -3.94. The Kier molecular flexibility index (Phi) is 3.68. The fraction of sp³-hybridized carbons (Fsp3) is 0.100. The first-order valence-corrected chi connectivity index (χ1v) is 8.65. The lowest BCUT2D eigenvalue weighted by molar-refractivity contribution is 0.355. The minimum atomic E-state index is 0.572. The Balaban J connectivity index is 1.66. The molecule has 0 amide bonds. The molecule has 0 aliphatic carbocycles. The van der Waals surface area contributed by atoms with Gasteiger partial charge in [0.05, 0.1) is 31.5 Å². The lowest BCUT2D eigenvalue weighted by Gasteiger charge is -2.07. The Bertz CT molecular complexity index is 1290. The highest BCUT2D eigenvalue weighted by Crippen LogP contribution is 2.31. The lowest BCUT2D eigenvalue weighted by Crippen LogP contribution is -1.98. The van der Waals surface area contributed by atoms with Gasteiger partial charge in [0, 0.05) is 5.56 Å². The maximum atomic E-state index is 5.38. The number of hydrogen-bond donors (Lipinski definition) is 0. The fourth-order valence-corrected chi connectivity index (χ4v) is 3.18. The predicted molar refractivity (Wildman–Crippen MR) is 104 cm³/mol. The van der Waals surface area contributed by atoms with E-state index in [0.717, 1.165) is 22.3 Å². The summed E-state index contributed by atoms with van der Waals surface area (Å²) in [4.78, 5) is 9.24. The van der Waals surface area contributed by atoms with Crippen LogP contribution < -0.4 is 9.47 Å². The van der Waals surface area contributed by atoms with Gasteiger partial charge >= 0.3 is 0 Å². The molecule has 0 fully saturated rings. The van der Waals surface area contributed by atoms with Gasteiger partial charge < -0.3 is 9.47 Å². The van der Waals surface area contributed by atoms with Crippen molar-refractivity contribution in [1.82, 2.24) is 29.4 Å². The SMILES string of the molecule is COc1ccc(-c2nc3c4cnn(-c5ccccc5)c4ncn3n2)cc1OC. The molecule has 0 bridgehead atoms. The molecule has 8 heteroatoms. The van der Waals surface area contributed by atoms with Crippen LogP contribution in [0.5, 0.6) is 11.5 Å². The second-order valence-corrected chi connectivity index (χ2v) is 6.15. The van der Waals surface area contributed by atoms with Gasteiger partial charge in [-0.3, -0.25) is 0 Å². The van der Waals surface area contributed by atoms with E-state index in [0.29, 0.717) is 23.0 Å². The molecule has 0 saturated carbocycles. The molecule has 3 aromatic heterocycles. The van der Waals surface area contributed by atoms with E-state index in [1.165, 1.54) is 0 Å². The standard InChI is InChI=1S/C20H16N6O2/c1-27-16-9-8-13(10-17(16)28-2)18-23-20-15-11-22-26(14-6-4-3-5-7-14)19(15)21-12-25(20)24-18/h3-12H,1-2H3. The van der Waals surface area contributed by atoms with E-state index in [1.807, 2.05) is 48.5 Å². The molecule has 0 spiro atoms. The third-order valence-corrected chi connectivity index (χ3v) is 4.55. The zero-order valence-corrected chi connectivity index (χ0v) is 15.3. The predicted octanol–water partition coefficient (Wildman–Crippen LogP) is 3.15. The van der Waals surface area contributed by atoms with Gasteiger partial charge in [-0.1, -0.05) is 18.2 Å². The van der Waals surface area contributed by atoms with Crippen LogP contribution in [-0.2, 0) is 0 Å². The molecule has 5 aromatic rings. The normalized spacial score (nSPS) is 11.2. The molecule has 8 nitrogen and oxygen atoms in total. The van der Waals surface area contributed by atoms with Crippen molar-refractivity contribution in [3.05, 3.63) is 61.1 Å². The van der Waals surface area contributed by atoms with E-state index in [1.54, 1.807) is 35.9 Å². The van der Waals surface area contributed by atoms with Crippen molar-refractivity contribution in [1.29, 1.82) is 0 Å². The van der Waals surface area contributed by atoms with Gasteiger partial charge in [-0.05, 0) is 30.3 Å². The van der Waals surface area contributed by atoms with E-state index >= 15 is 0 Å². The quantitative estimate of drug-likeness (QED) is 0.482. The highest BCUT2D eigenvalue weighted by atomic mass is 16.5. The minimum absolute atomic E-state index is 0.572. The largest absolute Gasteiger partial charge is 0.493 e. The monoisotopic (exact) mass is 372 g/mol. The van der Waals surface area contributed by atoms with Crippen molar-refractivity contribution in [3.63, 3.8) is 0 Å². The van der Waals surface area contributed by atoms with Crippen LogP contribution in [0, 0.1) is 0 Å². The molecule has 5 rings (SSSR count). The summed E-state index contributed by atoms with van der Waals surface area (Å²) in [6, 6.07) is 15.4. The number of para-hydroxylation sites is 1. The highest BCUT2D eigenvalue weighted by Gasteiger charge is 2.15. The smallest absolute Gasteiger partial charge is 0.182 e. The number of methoxy groups -OCH3 is 2. The van der Waals surface area contributed by atoms with Gasteiger partial charge in [-0.2, -0.15) is 5.10 Å². The number of ether oxygens (including phenoxy) is 2. The van der Waals surface area contributed by atoms with Gasteiger partial charge in [-0.15, -0.1) is 5.10 Å². The summed E-state index contributed by atoms with van der Waals surface area (Å²) in [5.41, 5.74) is 3.18. The molecule has 0 aliphatic heterocycles. The molecule has 0 atom stereocenters. The van der Waals surface area contributed by atoms with E-state index in [-0.39, 0.29) is 0 Å². The summed E-state index contributed by atoms with van der Waals surface area (Å²) in [6.45, 7) is 0. The summed E-state index contributed by atoms with van der Waals surface area (Å²) in [7, 11) is 3.21. The second kappa shape index (κ2) is 6.34. The van der Waals surface area contributed by atoms with Crippen molar-refractivity contribution >= 4 is 16.7 Å². The minimum Gasteiger partial charge on any atom is -0.493 e. The summed E-state index contributed by atoms with van der Waals surface area (Å²) < 4.78 is 14.1. The summed E-state index contributed by atoms with van der Waals surface area (Å²) in [5.74, 6) is 1.85. The van der Waals surface area contributed by atoms with Crippen LogP contribution in [0.2, 0.25) is 0 Å². The third kappa shape index (κ3) is 2.46. The molecular formula is C20H16N6O2. The maximum absolute atomic E-state index is 5.38. The van der Waals surface area contributed by atoms with Crippen LogP contribution in [0.3, 0.4) is 0 Å². The number of benzene rings is 2. The molecule has 0 radical (unpaired) electrons. The maximum Gasteiger partial charge on any atom is 0.182 e. The molecular weight excluding hydrogens is 356 g/mol. The topological polar surface area (TPSA) is 79.4 Å². The molecule has 138 valence electrons. The first-order chi connectivity index (χ1) is 13.8. The van der Waals surface area contributed by atoms with Gasteiger partial charge in [0.25, 0.3) is 0 Å². The number of aromatic nitrogens is 6. The fourth-order valence-electron chi connectivity index (χ4n) is 3.18. The van der Waals surface area contributed by atoms with E-state index < -0.39 is 0 Å². The van der Waals surface area contributed by atoms with Crippen LogP contribution >= 0.6 is 0 Å². The molecule has 28 heavy (non-hydrogen) atoms. The Morgan fingerprint density at radius 3 is 2.50 bits per heavy atom. The zero-order chi connectivity index (χ0) is 19.1. The zero-order valence-electron chi connectivity index (χ0n) is 15.3. The Morgan fingerprint density at radius 2 is 1.71 bits per heavy atom. The van der Waals surface area contributed by atoms with Gasteiger partial charge in [0.2, 0.25) is 0 Å². The Labute approximate surface area is 160 Å². The van der Waals surface area contributed by atoms with E-state index in [4.69, 9.17) is 14.5 Å². The number of rotatable bonds is 4. The van der Waals surface area contributed by atoms with E-state index in [9.17, 15) is 0 Å². The van der Waals surface area contributed by atoms with Gasteiger partial charge in [0.1, 0.15) is 6.33 Å². The van der Waals surface area contributed by atoms with Crippen LogP contribution in [0.1, 0.15) is 0 Å². The summed E-state index contributed by atoms with van der Waals surface area (Å²) in [6.07, 6.45) is 3.41.